The van der Waals surface area contributed by atoms with Crippen LogP contribution in [0.3, 0.4) is 0 Å². The van der Waals surface area contributed by atoms with E-state index in [2.05, 4.69) is 51.8 Å². The van der Waals surface area contributed by atoms with Crippen molar-refractivity contribution < 1.29 is 0 Å². The summed E-state index contributed by atoms with van der Waals surface area (Å²) in [4.78, 5) is 0. The van der Waals surface area contributed by atoms with Crippen LogP contribution in [0.4, 0.5) is 0 Å². The molecule has 0 bridgehead atoms. The zero-order valence-corrected chi connectivity index (χ0v) is 12.0. The van der Waals surface area contributed by atoms with Crippen molar-refractivity contribution in [3.63, 3.8) is 0 Å². The molecule has 0 amide bonds. The largest absolute Gasteiger partial charge is 0.310 e. The highest BCUT2D eigenvalue weighted by Crippen LogP contribution is 2.28. The van der Waals surface area contributed by atoms with E-state index in [0.717, 1.165) is 17.8 Å². The molecule has 88 valence electrons. The standard InChI is InChI=1S/C13H18BrNS/c1-16-13-6-5-12(8-13)15-9-10-3-2-4-11(14)7-10/h2-4,7,12-13,15H,5-6,8-9H2,1H3. The van der Waals surface area contributed by atoms with Gasteiger partial charge in [0.2, 0.25) is 0 Å². The molecule has 2 unspecified atom stereocenters. The predicted molar refractivity (Wildman–Crippen MR) is 75.9 cm³/mol. The van der Waals surface area contributed by atoms with Gasteiger partial charge in [0.15, 0.2) is 0 Å². The quantitative estimate of drug-likeness (QED) is 0.907. The van der Waals surface area contributed by atoms with Gasteiger partial charge in [0, 0.05) is 22.3 Å². The molecule has 1 aromatic rings. The molecule has 1 saturated carbocycles. The van der Waals surface area contributed by atoms with Gasteiger partial charge in [-0.15, -0.1) is 0 Å². The van der Waals surface area contributed by atoms with Crippen LogP contribution in [0.2, 0.25) is 0 Å². The molecule has 1 N–H and O–H groups in total. The summed E-state index contributed by atoms with van der Waals surface area (Å²) in [5.41, 5.74) is 1.36. The molecule has 1 aromatic carbocycles. The highest BCUT2D eigenvalue weighted by atomic mass is 79.9. The van der Waals surface area contributed by atoms with E-state index in [1.54, 1.807) is 0 Å². The van der Waals surface area contributed by atoms with Gasteiger partial charge in [-0.1, -0.05) is 28.1 Å². The Bertz CT molecular complexity index is 342. The van der Waals surface area contributed by atoms with Crippen molar-refractivity contribution in [1.82, 2.24) is 5.32 Å². The molecule has 0 heterocycles. The fourth-order valence-corrected chi connectivity index (χ4v) is 3.49. The lowest BCUT2D eigenvalue weighted by Crippen LogP contribution is -2.26. The summed E-state index contributed by atoms with van der Waals surface area (Å²) < 4.78 is 1.17. The number of hydrogen-bond donors (Lipinski definition) is 1. The molecule has 0 saturated heterocycles. The van der Waals surface area contributed by atoms with Crippen molar-refractivity contribution in [3.8, 4) is 0 Å². The van der Waals surface area contributed by atoms with Crippen LogP contribution in [0.5, 0.6) is 0 Å². The van der Waals surface area contributed by atoms with Gasteiger partial charge in [-0.05, 0) is 43.2 Å². The van der Waals surface area contributed by atoms with Crippen molar-refractivity contribution in [1.29, 1.82) is 0 Å². The van der Waals surface area contributed by atoms with Crippen LogP contribution in [0.25, 0.3) is 0 Å². The number of nitrogens with one attached hydrogen (secondary N) is 1. The number of rotatable bonds is 4. The van der Waals surface area contributed by atoms with Gasteiger partial charge in [0.25, 0.3) is 0 Å². The second-order valence-corrected chi connectivity index (χ2v) is 6.43. The van der Waals surface area contributed by atoms with Crippen molar-refractivity contribution in [2.75, 3.05) is 6.26 Å². The fraction of sp³-hybridized carbons (Fsp3) is 0.538. The Morgan fingerprint density at radius 2 is 2.31 bits per heavy atom. The number of halogens is 1. The lowest BCUT2D eigenvalue weighted by Gasteiger charge is -2.12. The summed E-state index contributed by atoms with van der Waals surface area (Å²) in [6.45, 7) is 0.991. The Morgan fingerprint density at radius 3 is 3.00 bits per heavy atom. The predicted octanol–water partition coefficient (Wildman–Crippen LogP) is 3.82. The Kier molecular flexibility index (Phi) is 4.74. The molecule has 1 aliphatic rings. The number of thioether (sulfide) groups is 1. The zero-order chi connectivity index (χ0) is 11.4. The second-order valence-electron chi connectivity index (χ2n) is 4.38. The summed E-state index contributed by atoms with van der Waals surface area (Å²) in [5.74, 6) is 0. The summed E-state index contributed by atoms with van der Waals surface area (Å²) in [6, 6.07) is 9.26. The molecule has 0 radical (unpaired) electrons. The van der Waals surface area contributed by atoms with Gasteiger partial charge in [-0.3, -0.25) is 0 Å². The van der Waals surface area contributed by atoms with E-state index < -0.39 is 0 Å². The molecule has 1 aliphatic carbocycles. The van der Waals surface area contributed by atoms with E-state index in [1.807, 2.05) is 11.8 Å². The van der Waals surface area contributed by atoms with Crippen molar-refractivity contribution in [2.24, 2.45) is 0 Å². The fourth-order valence-electron chi connectivity index (χ4n) is 2.25. The van der Waals surface area contributed by atoms with Gasteiger partial charge in [0.05, 0.1) is 0 Å². The molecule has 3 heteroatoms. The minimum atomic E-state index is 0.719. The number of benzene rings is 1. The Morgan fingerprint density at radius 1 is 1.44 bits per heavy atom. The maximum atomic E-state index is 3.66. The van der Waals surface area contributed by atoms with Crippen LogP contribution in [-0.4, -0.2) is 17.5 Å². The SMILES string of the molecule is CSC1CCC(NCc2cccc(Br)c2)C1. The molecule has 1 nitrogen and oxygen atoms in total. The van der Waals surface area contributed by atoms with Gasteiger partial charge >= 0.3 is 0 Å². The first-order chi connectivity index (χ1) is 7.78. The monoisotopic (exact) mass is 299 g/mol. The molecule has 2 atom stereocenters. The Labute approximate surface area is 111 Å². The number of hydrogen-bond acceptors (Lipinski definition) is 2. The average molecular weight is 300 g/mol. The lowest BCUT2D eigenvalue weighted by molar-refractivity contribution is 0.525. The molecule has 1 fully saturated rings. The Balaban J connectivity index is 1.80. The van der Waals surface area contributed by atoms with Crippen molar-refractivity contribution in [2.45, 2.75) is 37.1 Å². The zero-order valence-electron chi connectivity index (χ0n) is 9.58. The van der Waals surface area contributed by atoms with Crippen LogP contribution >= 0.6 is 27.7 Å². The molecule has 0 aliphatic heterocycles. The van der Waals surface area contributed by atoms with Crippen LogP contribution in [0.15, 0.2) is 28.7 Å². The Hall–Kier alpha value is 0.01000. The summed E-state index contributed by atoms with van der Waals surface area (Å²) in [5, 5.41) is 4.53. The third-order valence-corrected chi connectivity index (χ3v) is 4.79. The van der Waals surface area contributed by atoms with Crippen molar-refractivity contribution >= 4 is 27.7 Å². The maximum Gasteiger partial charge on any atom is 0.0208 e. The smallest absolute Gasteiger partial charge is 0.0208 e. The molecule has 2 rings (SSSR count). The average Bonchev–Trinajstić information content (AvgIpc) is 2.74. The van der Waals surface area contributed by atoms with Gasteiger partial charge in [-0.25, -0.2) is 0 Å². The summed E-state index contributed by atoms with van der Waals surface area (Å²) in [7, 11) is 0. The van der Waals surface area contributed by atoms with E-state index in [-0.39, 0.29) is 0 Å². The highest BCUT2D eigenvalue weighted by molar-refractivity contribution is 9.10. The minimum absolute atomic E-state index is 0.719. The van der Waals surface area contributed by atoms with Crippen LogP contribution in [0, 0.1) is 0 Å². The maximum absolute atomic E-state index is 3.66. The van der Waals surface area contributed by atoms with Crippen LogP contribution < -0.4 is 5.32 Å². The van der Waals surface area contributed by atoms with E-state index in [4.69, 9.17) is 0 Å². The molecular weight excluding hydrogens is 282 g/mol. The third-order valence-electron chi connectivity index (χ3n) is 3.20. The van der Waals surface area contributed by atoms with Gasteiger partial charge in [-0.2, -0.15) is 11.8 Å². The molecule has 16 heavy (non-hydrogen) atoms. The van der Waals surface area contributed by atoms with Crippen LogP contribution in [0.1, 0.15) is 24.8 Å². The molecule has 0 aromatic heterocycles. The first-order valence-corrected chi connectivity index (χ1v) is 7.86. The van der Waals surface area contributed by atoms with Gasteiger partial charge in [0.1, 0.15) is 0 Å². The second kappa shape index (κ2) is 6.08. The van der Waals surface area contributed by atoms with Crippen molar-refractivity contribution in [3.05, 3.63) is 34.3 Å². The normalized spacial score (nSPS) is 24.9. The molecular formula is C13H18BrNS. The summed E-state index contributed by atoms with van der Waals surface area (Å²) in [6.07, 6.45) is 6.26. The minimum Gasteiger partial charge on any atom is -0.310 e. The third kappa shape index (κ3) is 3.51. The first kappa shape index (κ1) is 12.5. The van der Waals surface area contributed by atoms with Gasteiger partial charge < -0.3 is 5.32 Å². The van der Waals surface area contributed by atoms with Crippen LogP contribution in [-0.2, 0) is 6.54 Å². The lowest BCUT2D eigenvalue weighted by atomic mass is 10.2. The highest BCUT2D eigenvalue weighted by Gasteiger charge is 2.22. The van der Waals surface area contributed by atoms with E-state index in [9.17, 15) is 0 Å². The van der Waals surface area contributed by atoms with E-state index in [0.29, 0.717) is 0 Å². The molecule has 0 spiro atoms. The van der Waals surface area contributed by atoms with E-state index >= 15 is 0 Å². The van der Waals surface area contributed by atoms with E-state index in [1.165, 1.54) is 29.3 Å². The summed E-state index contributed by atoms with van der Waals surface area (Å²) >= 11 is 5.52. The topological polar surface area (TPSA) is 12.0 Å². The first-order valence-electron chi connectivity index (χ1n) is 5.78.